The highest BCUT2D eigenvalue weighted by Crippen LogP contribution is 2.55. The first kappa shape index (κ1) is 32.0. The fraction of sp³-hybridized carbons (Fsp3) is 0.486. The van der Waals surface area contributed by atoms with Crippen LogP contribution in [-0.4, -0.2) is 43.8 Å². The Morgan fingerprint density at radius 3 is 2.12 bits per heavy atom. The Bertz CT molecular complexity index is 1450. The number of Topliss-reactive ketones (excluding diaryl/α,β-unsaturated/α-hetero) is 2. The van der Waals surface area contributed by atoms with Crippen molar-refractivity contribution in [3.05, 3.63) is 78.7 Å². The molecule has 2 aromatic rings. The highest BCUT2D eigenvalue weighted by molar-refractivity contribution is 14.1. The van der Waals surface area contributed by atoms with Crippen LogP contribution >= 0.6 is 34.2 Å². The number of hydrogen-bond acceptors (Lipinski definition) is 6. The van der Waals surface area contributed by atoms with E-state index in [4.69, 9.17) is 25.8 Å². The van der Waals surface area contributed by atoms with Gasteiger partial charge in [0, 0.05) is 66.6 Å². The van der Waals surface area contributed by atoms with Gasteiger partial charge in [0.15, 0.2) is 23.1 Å². The van der Waals surface area contributed by atoms with Gasteiger partial charge in [-0.25, -0.2) is 0 Å². The molecule has 8 heteroatoms. The molecule has 0 amide bonds. The van der Waals surface area contributed by atoms with Crippen LogP contribution < -0.4 is 9.47 Å². The lowest BCUT2D eigenvalue weighted by molar-refractivity contribution is -0.119. The van der Waals surface area contributed by atoms with E-state index in [2.05, 4.69) is 61.3 Å². The van der Waals surface area contributed by atoms with Gasteiger partial charge in [0.05, 0.1) is 10.7 Å². The number of ketones is 2. The maximum atomic E-state index is 14.1. The molecule has 5 rings (SSSR count). The lowest BCUT2D eigenvalue weighted by atomic mass is 9.63. The van der Waals surface area contributed by atoms with E-state index in [9.17, 15) is 9.59 Å². The number of allylic oxidation sites excluding steroid dienone is 4. The Morgan fingerprint density at radius 1 is 0.930 bits per heavy atom. The number of methoxy groups -OCH3 is 2. The molecule has 230 valence electrons. The second kappa shape index (κ2) is 12.6. The minimum absolute atomic E-state index is 0.118. The summed E-state index contributed by atoms with van der Waals surface area (Å²) in [6.07, 6.45) is 3.26. The Labute approximate surface area is 273 Å². The highest BCUT2D eigenvalue weighted by atomic mass is 127. The van der Waals surface area contributed by atoms with Crippen LogP contribution in [0.4, 0.5) is 0 Å². The summed E-state index contributed by atoms with van der Waals surface area (Å²) in [6.45, 7) is 10.3. The average molecular weight is 718 g/mol. The van der Waals surface area contributed by atoms with Crippen LogP contribution in [0.5, 0.6) is 11.5 Å². The van der Waals surface area contributed by atoms with Crippen LogP contribution in [0.2, 0.25) is 5.02 Å². The quantitative estimate of drug-likeness (QED) is 0.192. The molecular weight excluding hydrogens is 677 g/mol. The molecule has 0 saturated heterocycles. The van der Waals surface area contributed by atoms with Crippen molar-refractivity contribution in [1.82, 2.24) is 4.90 Å². The third-order valence-corrected chi connectivity index (χ3v) is 9.65. The van der Waals surface area contributed by atoms with Crippen molar-refractivity contribution in [2.24, 2.45) is 10.8 Å². The standard InChI is InChI=1S/C35H41ClINO5/c1-34(2)16-25-31(27(39)18-34)30(32-26(38(25)11-8-12-41-5)17-35(3,4)19-28(32)40)22-14-24(37)33(29(15-22)42-6)43-20-21-9-7-10-23(36)13-21/h7,9-10,13-15,30H,8,11-12,16-20H2,1-6H3. The zero-order chi connectivity index (χ0) is 31.1. The molecule has 1 heterocycles. The predicted molar refractivity (Wildman–Crippen MR) is 178 cm³/mol. The van der Waals surface area contributed by atoms with Gasteiger partial charge >= 0.3 is 0 Å². The summed E-state index contributed by atoms with van der Waals surface area (Å²) in [6, 6.07) is 11.6. The summed E-state index contributed by atoms with van der Waals surface area (Å²) in [5.41, 5.74) is 5.12. The van der Waals surface area contributed by atoms with Gasteiger partial charge in [-0.05, 0) is 88.1 Å². The van der Waals surface area contributed by atoms with Gasteiger partial charge in [-0.15, -0.1) is 0 Å². The molecule has 0 atom stereocenters. The van der Waals surface area contributed by atoms with Crippen molar-refractivity contribution in [3.63, 3.8) is 0 Å². The molecule has 2 aliphatic carbocycles. The normalized spacial score (nSPS) is 19.9. The number of halogens is 2. The molecular formula is C35H41ClINO5. The Balaban J connectivity index is 1.64. The van der Waals surface area contributed by atoms with Crippen molar-refractivity contribution in [3.8, 4) is 11.5 Å². The molecule has 0 fully saturated rings. The highest BCUT2D eigenvalue weighted by Gasteiger charge is 2.49. The zero-order valence-electron chi connectivity index (χ0n) is 25.9. The van der Waals surface area contributed by atoms with E-state index in [1.165, 1.54) is 0 Å². The monoisotopic (exact) mass is 717 g/mol. The molecule has 0 unspecified atom stereocenters. The van der Waals surface area contributed by atoms with Crippen molar-refractivity contribution < 1.29 is 23.8 Å². The molecule has 0 bridgehead atoms. The summed E-state index contributed by atoms with van der Waals surface area (Å²) in [5.74, 6) is 0.988. The SMILES string of the molecule is COCCCN1C2=C(C(=O)CC(C)(C)C2)C(c2cc(I)c(OCc3cccc(Cl)c3)c(OC)c2)C2=C1CC(C)(C)CC2=O. The summed E-state index contributed by atoms with van der Waals surface area (Å²) in [7, 11) is 3.33. The van der Waals surface area contributed by atoms with Gasteiger partial charge in [0.2, 0.25) is 0 Å². The number of carbonyl (C=O) groups is 2. The number of rotatable bonds is 9. The molecule has 0 saturated carbocycles. The Hall–Kier alpha value is -2.36. The lowest BCUT2D eigenvalue weighted by Gasteiger charge is -2.49. The van der Waals surface area contributed by atoms with Gasteiger partial charge in [0.1, 0.15) is 6.61 Å². The van der Waals surface area contributed by atoms with Gasteiger partial charge in [-0.2, -0.15) is 0 Å². The minimum atomic E-state index is -0.444. The lowest BCUT2D eigenvalue weighted by Crippen LogP contribution is -2.44. The average Bonchev–Trinajstić information content (AvgIpc) is 2.91. The molecule has 0 aromatic heterocycles. The first-order valence-corrected chi connectivity index (χ1v) is 16.3. The van der Waals surface area contributed by atoms with Crippen LogP contribution in [0.3, 0.4) is 0 Å². The van der Waals surface area contributed by atoms with Crippen LogP contribution in [0.25, 0.3) is 0 Å². The topological polar surface area (TPSA) is 65.1 Å². The fourth-order valence-electron chi connectivity index (χ4n) is 6.85. The first-order chi connectivity index (χ1) is 20.3. The van der Waals surface area contributed by atoms with E-state index in [1.807, 2.05) is 30.3 Å². The Kier molecular flexibility index (Phi) is 9.36. The summed E-state index contributed by atoms with van der Waals surface area (Å²) in [4.78, 5) is 30.5. The molecule has 0 spiro atoms. The van der Waals surface area contributed by atoms with Crippen molar-refractivity contribution in [1.29, 1.82) is 0 Å². The van der Waals surface area contributed by atoms with Gasteiger partial charge < -0.3 is 19.1 Å². The number of hydrogen-bond donors (Lipinski definition) is 0. The van der Waals surface area contributed by atoms with E-state index >= 15 is 0 Å². The second-order valence-electron chi connectivity index (χ2n) is 13.5. The second-order valence-corrected chi connectivity index (χ2v) is 15.1. The van der Waals surface area contributed by atoms with Crippen LogP contribution in [0, 0.1) is 14.4 Å². The van der Waals surface area contributed by atoms with E-state index in [0.717, 1.165) is 56.5 Å². The van der Waals surface area contributed by atoms with Crippen LogP contribution in [0.15, 0.2) is 58.9 Å². The maximum Gasteiger partial charge on any atom is 0.174 e. The molecule has 0 N–H and O–H groups in total. The van der Waals surface area contributed by atoms with E-state index < -0.39 is 5.92 Å². The predicted octanol–water partition coefficient (Wildman–Crippen LogP) is 8.25. The summed E-state index contributed by atoms with van der Waals surface area (Å²) < 4.78 is 18.4. The zero-order valence-corrected chi connectivity index (χ0v) is 28.9. The van der Waals surface area contributed by atoms with Gasteiger partial charge in [-0.1, -0.05) is 51.4 Å². The van der Waals surface area contributed by atoms with Crippen LogP contribution in [0.1, 0.15) is 76.8 Å². The number of nitrogens with zero attached hydrogens (tertiary/aromatic N) is 1. The van der Waals surface area contributed by atoms with Gasteiger partial charge in [0.25, 0.3) is 0 Å². The first-order valence-electron chi connectivity index (χ1n) is 14.9. The maximum absolute atomic E-state index is 14.1. The number of ether oxygens (including phenoxy) is 3. The molecule has 6 nitrogen and oxygen atoms in total. The van der Waals surface area contributed by atoms with Gasteiger partial charge in [-0.3, -0.25) is 9.59 Å². The molecule has 1 aliphatic heterocycles. The summed E-state index contributed by atoms with van der Waals surface area (Å²) >= 11 is 8.45. The third kappa shape index (κ3) is 6.69. The van der Waals surface area contributed by atoms with E-state index in [-0.39, 0.29) is 22.4 Å². The fourth-order valence-corrected chi connectivity index (χ4v) is 7.84. The molecule has 43 heavy (non-hydrogen) atoms. The number of carbonyl (C=O) groups excluding carboxylic acids is 2. The molecule has 3 aliphatic rings. The van der Waals surface area contributed by atoms with Crippen molar-refractivity contribution >= 4 is 45.8 Å². The van der Waals surface area contributed by atoms with Crippen LogP contribution in [-0.2, 0) is 20.9 Å². The third-order valence-electron chi connectivity index (χ3n) is 8.61. The van der Waals surface area contributed by atoms with Crippen molar-refractivity contribution in [2.45, 2.75) is 72.3 Å². The Morgan fingerprint density at radius 2 is 1.56 bits per heavy atom. The van der Waals surface area contributed by atoms with Crippen molar-refractivity contribution in [2.75, 3.05) is 27.4 Å². The van der Waals surface area contributed by atoms with E-state index in [1.54, 1.807) is 14.2 Å². The summed E-state index contributed by atoms with van der Waals surface area (Å²) in [5, 5.41) is 0.653. The smallest absolute Gasteiger partial charge is 0.174 e. The minimum Gasteiger partial charge on any atom is -0.493 e. The van der Waals surface area contributed by atoms with E-state index in [0.29, 0.717) is 49.1 Å². The largest absolute Gasteiger partial charge is 0.493 e. The number of benzene rings is 2. The molecule has 0 radical (unpaired) electrons. The molecule has 2 aromatic carbocycles.